The van der Waals surface area contributed by atoms with Gasteiger partial charge < -0.3 is 15.3 Å². The summed E-state index contributed by atoms with van der Waals surface area (Å²) in [6.07, 6.45) is 0.593. The van der Waals surface area contributed by atoms with Crippen molar-refractivity contribution in [2.24, 2.45) is 5.92 Å². The van der Waals surface area contributed by atoms with Gasteiger partial charge in [0.05, 0.1) is 10.2 Å². The standard InChI is InChI=1S/C13H13BrF2N2O3/c14-8-4-11(10(16)5-9(8)15)17-13(21)18-2-1-7(6-18)3-12(19)20/h4-5,7H,1-3,6H2,(H,17,21)(H,19,20). The monoisotopic (exact) mass is 362 g/mol. The summed E-state index contributed by atoms with van der Waals surface area (Å²) in [7, 11) is 0. The highest BCUT2D eigenvalue weighted by atomic mass is 79.9. The van der Waals surface area contributed by atoms with Crippen LogP contribution in [0.3, 0.4) is 0 Å². The Kier molecular flexibility index (Phi) is 4.76. The summed E-state index contributed by atoms with van der Waals surface area (Å²) in [6.45, 7) is 0.718. The predicted molar refractivity (Wildman–Crippen MR) is 75.0 cm³/mol. The molecule has 1 saturated heterocycles. The van der Waals surface area contributed by atoms with Crippen molar-refractivity contribution in [1.82, 2.24) is 4.90 Å². The Labute approximate surface area is 128 Å². The number of benzene rings is 1. The first kappa shape index (κ1) is 15.7. The topological polar surface area (TPSA) is 69.6 Å². The molecule has 2 amide bonds. The molecule has 1 unspecified atom stereocenters. The van der Waals surface area contributed by atoms with Crippen LogP contribution < -0.4 is 5.32 Å². The van der Waals surface area contributed by atoms with E-state index in [2.05, 4.69) is 21.2 Å². The second-order valence-electron chi connectivity index (χ2n) is 4.87. The van der Waals surface area contributed by atoms with Crippen molar-refractivity contribution >= 4 is 33.6 Å². The lowest BCUT2D eigenvalue weighted by molar-refractivity contribution is -0.138. The number of anilines is 1. The zero-order valence-corrected chi connectivity index (χ0v) is 12.5. The first-order valence-electron chi connectivity index (χ1n) is 6.29. The molecular weight excluding hydrogens is 350 g/mol. The minimum atomic E-state index is -0.907. The number of carbonyl (C=O) groups excluding carboxylic acids is 1. The Balaban J connectivity index is 1.99. The Hall–Kier alpha value is -1.70. The third-order valence-electron chi connectivity index (χ3n) is 3.29. The van der Waals surface area contributed by atoms with E-state index in [1.165, 1.54) is 4.90 Å². The maximum atomic E-state index is 13.6. The normalized spacial score (nSPS) is 17.9. The van der Waals surface area contributed by atoms with Gasteiger partial charge in [-0.15, -0.1) is 0 Å². The quantitative estimate of drug-likeness (QED) is 0.811. The van der Waals surface area contributed by atoms with Crippen LogP contribution in [0.25, 0.3) is 0 Å². The molecule has 1 aliphatic rings. The van der Waals surface area contributed by atoms with Crippen molar-refractivity contribution in [2.45, 2.75) is 12.8 Å². The molecule has 1 aromatic rings. The maximum absolute atomic E-state index is 13.6. The van der Waals surface area contributed by atoms with Crippen LogP contribution in [-0.4, -0.2) is 35.1 Å². The number of rotatable bonds is 3. The molecule has 0 saturated carbocycles. The van der Waals surface area contributed by atoms with Crippen LogP contribution in [0, 0.1) is 17.6 Å². The van der Waals surface area contributed by atoms with Crippen molar-refractivity contribution < 1.29 is 23.5 Å². The van der Waals surface area contributed by atoms with Gasteiger partial charge in [0.15, 0.2) is 0 Å². The number of hydrogen-bond acceptors (Lipinski definition) is 2. The molecule has 1 heterocycles. The summed E-state index contributed by atoms with van der Waals surface area (Å²) in [6, 6.07) is 1.30. The molecule has 2 rings (SSSR count). The second-order valence-corrected chi connectivity index (χ2v) is 5.73. The largest absolute Gasteiger partial charge is 0.481 e. The van der Waals surface area contributed by atoms with Gasteiger partial charge in [0.2, 0.25) is 0 Å². The number of amides is 2. The van der Waals surface area contributed by atoms with Crippen LogP contribution in [-0.2, 0) is 4.79 Å². The van der Waals surface area contributed by atoms with Gasteiger partial charge >= 0.3 is 12.0 Å². The summed E-state index contributed by atoms with van der Waals surface area (Å²) < 4.78 is 26.7. The lowest BCUT2D eigenvalue weighted by Gasteiger charge is -2.17. The Morgan fingerprint density at radius 2 is 2.10 bits per heavy atom. The van der Waals surface area contributed by atoms with Crippen LogP contribution in [0.15, 0.2) is 16.6 Å². The predicted octanol–water partition coefficient (Wildman–Crippen LogP) is 3.06. The van der Waals surface area contributed by atoms with Gasteiger partial charge in [-0.05, 0) is 34.3 Å². The number of likely N-dealkylation sites (tertiary alicyclic amines) is 1. The number of carboxylic acid groups (broad SMARTS) is 1. The fraction of sp³-hybridized carbons (Fsp3) is 0.385. The van der Waals surface area contributed by atoms with Gasteiger partial charge in [0.25, 0.3) is 0 Å². The molecule has 1 aromatic carbocycles. The van der Waals surface area contributed by atoms with E-state index in [4.69, 9.17) is 5.11 Å². The van der Waals surface area contributed by atoms with Gasteiger partial charge in [-0.3, -0.25) is 4.79 Å². The molecule has 0 bridgehead atoms. The molecule has 1 atom stereocenters. The van der Waals surface area contributed by atoms with Gasteiger partial charge in [-0.2, -0.15) is 0 Å². The third kappa shape index (κ3) is 3.90. The van der Waals surface area contributed by atoms with Gasteiger partial charge in [-0.25, -0.2) is 13.6 Å². The molecule has 0 spiro atoms. The van der Waals surface area contributed by atoms with Crippen molar-refractivity contribution in [1.29, 1.82) is 0 Å². The van der Waals surface area contributed by atoms with Crippen LogP contribution in [0.1, 0.15) is 12.8 Å². The Morgan fingerprint density at radius 3 is 2.76 bits per heavy atom. The first-order chi connectivity index (χ1) is 9.86. The van der Waals surface area contributed by atoms with Gasteiger partial charge in [0.1, 0.15) is 11.6 Å². The highest BCUT2D eigenvalue weighted by molar-refractivity contribution is 9.10. The smallest absolute Gasteiger partial charge is 0.321 e. The van der Waals surface area contributed by atoms with Gasteiger partial charge in [0, 0.05) is 25.6 Å². The van der Waals surface area contributed by atoms with E-state index >= 15 is 0 Å². The highest BCUT2D eigenvalue weighted by Gasteiger charge is 2.28. The number of carbonyl (C=O) groups is 2. The zero-order valence-electron chi connectivity index (χ0n) is 10.9. The van der Waals surface area contributed by atoms with E-state index in [1.54, 1.807) is 0 Å². The molecule has 1 fully saturated rings. The minimum absolute atomic E-state index is 0.000236. The Morgan fingerprint density at radius 1 is 1.38 bits per heavy atom. The molecule has 0 aliphatic carbocycles. The van der Waals surface area contributed by atoms with E-state index in [-0.39, 0.29) is 22.5 Å². The number of halogens is 3. The lowest BCUT2D eigenvalue weighted by Crippen LogP contribution is -2.33. The summed E-state index contributed by atoms with van der Waals surface area (Å²) in [5.74, 6) is -2.63. The second kappa shape index (κ2) is 6.38. The molecule has 0 aromatic heterocycles. The lowest BCUT2D eigenvalue weighted by atomic mass is 10.1. The fourth-order valence-corrected chi connectivity index (χ4v) is 2.59. The average Bonchev–Trinajstić information content (AvgIpc) is 2.83. The van der Waals surface area contributed by atoms with E-state index in [1.807, 2.05) is 0 Å². The summed E-state index contributed by atoms with van der Waals surface area (Å²) in [4.78, 5) is 24.0. The van der Waals surface area contributed by atoms with E-state index in [0.717, 1.165) is 6.07 Å². The molecule has 2 N–H and O–H groups in total. The zero-order chi connectivity index (χ0) is 15.6. The van der Waals surface area contributed by atoms with E-state index in [0.29, 0.717) is 25.6 Å². The van der Waals surface area contributed by atoms with E-state index < -0.39 is 23.6 Å². The van der Waals surface area contributed by atoms with Crippen LogP contribution >= 0.6 is 15.9 Å². The van der Waals surface area contributed by atoms with Crippen molar-refractivity contribution in [3.8, 4) is 0 Å². The molecule has 8 heteroatoms. The molecule has 21 heavy (non-hydrogen) atoms. The number of carboxylic acids is 1. The summed E-state index contributed by atoms with van der Waals surface area (Å²) in [5, 5.41) is 11.1. The summed E-state index contributed by atoms with van der Waals surface area (Å²) in [5.41, 5.74) is -0.130. The molecule has 0 radical (unpaired) electrons. The number of hydrogen-bond donors (Lipinski definition) is 2. The first-order valence-corrected chi connectivity index (χ1v) is 7.08. The number of nitrogens with one attached hydrogen (secondary N) is 1. The van der Waals surface area contributed by atoms with Crippen LogP contribution in [0.4, 0.5) is 19.3 Å². The number of nitrogens with zero attached hydrogens (tertiary/aromatic N) is 1. The number of urea groups is 1. The van der Waals surface area contributed by atoms with E-state index in [9.17, 15) is 18.4 Å². The maximum Gasteiger partial charge on any atom is 0.321 e. The molecule has 1 aliphatic heterocycles. The SMILES string of the molecule is O=C(O)CC1CCN(C(=O)Nc2cc(Br)c(F)cc2F)C1. The summed E-state index contributed by atoms with van der Waals surface area (Å²) >= 11 is 2.92. The average molecular weight is 363 g/mol. The van der Waals surface area contributed by atoms with Gasteiger partial charge in [-0.1, -0.05) is 0 Å². The van der Waals surface area contributed by atoms with Crippen molar-refractivity contribution in [3.63, 3.8) is 0 Å². The van der Waals surface area contributed by atoms with Crippen molar-refractivity contribution in [2.75, 3.05) is 18.4 Å². The van der Waals surface area contributed by atoms with Crippen LogP contribution in [0.5, 0.6) is 0 Å². The molecular formula is C13H13BrF2N2O3. The highest BCUT2D eigenvalue weighted by Crippen LogP contribution is 2.25. The fourth-order valence-electron chi connectivity index (χ4n) is 2.24. The molecule has 114 valence electrons. The van der Waals surface area contributed by atoms with Crippen LogP contribution in [0.2, 0.25) is 0 Å². The third-order valence-corrected chi connectivity index (χ3v) is 3.90. The van der Waals surface area contributed by atoms with Crippen molar-refractivity contribution in [3.05, 3.63) is 28.2 Å². The minimum Gasteiger partial charge on any atom is -0.481 e. The molecule has 5 nitrogen and oxygen atoms in total. The Bertz CT molecular complexity index is 583. The number of aliphatic carboxylic acids is 1.